The lowest BCUT2D eigenvalue weighted by molar-refractivity contribution is -0.124. The number of nitrogens with zero attached hydrogens (tertiary/aromatic N) is 3. The van der Waals surface area contributed by atoms with Gasteiger partial charge in [-0.15, -0.1) is 0 Å². The van der Waals surface area contributed by atoms with E-state index >= 15 is 0 Å². The Labute approximate surface area is 114 Å². The van der Waals surface area contributed by atoms with Crippen molar-refractivity contribution in [1.29, 1.82) is 0 Å². The normalized spacial score (nSPS) is 18.6. The number of benzene rings is 1. The molecule has 2 amide bonds. The summed E-state index contributed by atoms with van der Waals surface area (Å²) in [6.45, 7) is 2.93. The zero-order valence-electron chi connectivity index (χ0n) is 10.9. The third kappa shape index (κ3) is 1.87. The molecule has 104 valence electrons. The molecular formula is C13H14N4O3. The average molecular weight is 274 g/mol. The van der Waals surface area contributed by atoms with Crippen LogP contribution in [-0.4, -0.2) is 34.4 Å². The first-order valence-corrected chi connectivity index (χ1v) is 6.33. The van der Waals surface area contributed by atoms with Crippen molar-refractivity contribution in [2.75, 3.05) is 11.4 Å². The molecule has 1 aromatic heterocycles. The van der Waals surface area contributed by atoms with Gasteiger partial charge in [-0.05, 0) is 25.1 Å². The second-order valence-electron chi connectivity index (χ2n) is 4.59. The molecule has 0 spiro atoms. The molecule has 3 rings (SSSR count). The summed E-state index contributed by atoms with van der Waals surface area (Å²) in [6, 6.07) is 5.55. The standard InChI is InChI=1S/C13H14N4O3/c1-2-17-10-4-3-9(5-8(10)6-15-17)16-7-11(12(14)18)20-13(16)19/h3-6,11H,2,7H2,1H3,(H2,14,18)/t11-/m1/s1. The summed E-state index contributed by atoms with van der Waals surface area (Å²) in [5.41, 5.74) is 6.82. The number of fused-ring (bicyclic) bond motifs is 1. The van der Waals surface area contributed by atoms with Crippen molar-refractivity contribution in [3.05, 3.63) is 24.4 Å². The molecule has 20 heavy (non-hydrogen) atoms. The predicted octanol–water partition coefficient (Wildman–Crippen LogP) is 0.867. The molecule has 1 fully saturated rings. The fourth-order valence-corrected chi connectivity index (χ4v) is 2.32. The van der Waals surface area contributed by atoms with Crippen LogP contribution < -0.4 is 10.6 Å². The first-order chi connectivity index (χ1) is 9.60. The second kappa shape index (κ2) is 4.52. The molecule has 1 aliphatic rings. The van der Waals surface area contributed by atoms with E-state index in [2.05, 4.69) is 5.10 Å². The van der Waals surface area contributed by atoms with Crippen molar-refractivity contribution in [3.63, 3.8) is 0 Å². The highest BCUT2D eigenvalue weighted by molar-refractivity contribution is 5.97. The lowest BCUT2D eigenvalue weighted by atomic mass is 10.2. The number of aryl methyl sites for hydroxylation is 1. The van der Waals surface area contributed by atoms with Crippen LogP contribution in [0.1, 0.15) is 6.92 Å². The quantitative estimate of drug-likeness (QED) is 0.899. The zero-order valence-corrected chi connectivity index (χ0v) is 10.9. The number of rotatable bonds is 3. The van der Waals surface area contributed by atoms with E-state index in [4.69, 9.17) is 10.5 Å². The van der Waals surface area contributed by atoms with Crippen molar-refractivity contribution in [2.24, 2.45) is 5.73 Å². The first-order valence-electron chi connectivity index (χ1n) is 6.33. The number of amides is 2. The van der Waals surface area contributed by atoms with Gasteiger partial charge in [0.2, 0.25) is 0 Å². The van der Waals surface area contributed by atoms with Crippen LogP contribution in [0.5, 0.6) is 0 Å². The van der Waals surface area contributed by atoms with Crippen molar-refractivity contribution < 1.29 is 14.3 Å². The summed E-state index contributed by atoms with van der Waals surface area (Å²) in [5.74, 6) is -0.638. The number of aromatic nitrogens is 2. The highest BCUT2D eigenvalue weighted by Gasteiger charge is 2.35. The minimum absolute atomic E-state index is 0.140. The Kier molecular flexibility index (Phi) is 2.81. The van der Waals surface area contributed by atoms with Gasteiger partial charge in [0.1, 0.15) is 0 Å². The van der Waals surface area contributed by atoms with Gasteiger partial charge in [0.25, 0.3) is 5.91 Å². The van der Waals surface area contributed by atoms with Crippen LogP contribution in [0, 0.1) is 0 Å². The molecule has 1 saturated heterocycles. The number of anilines is 1. The van der Waals surface area contributed by atoms with E-state index in [0.29, 0.717) is 5.69 Å². The number of ether oxygens (including phenoxy) is 1. The maximum atomic E-state index is 11.8. The van der Waals surface area contributed by atoms with Gasteiger partial charge in [-0.1, -0.05) is 0 Å². The largest absolute Gasteiger partial charge is 0.434 e. The molecule has 2 N–H and O–H groups in total. The summed E-state index contributed by atoms with van der Waals surface area (Å²) in [5, 5.41) is 5.18. The van der Waals surface area contributed by atoms with Crippen molar-refractivity contribution in [3.8, 4) is 0 Å². The van der Waals surface area contributed by atoms with Gasteiger partial charge in [-0.2, -0.15) is 5.10 Å². The van der Waals surface area contributed by atoms with Crippen LogP contribution in [0.4, 0.5) is 10.5 Å². The number of hydrogen-bond acceptors (Lipinski definition) is 4. The van der Waals surface area contributed by atoms with Gasteiger partial charge in [-0.3, -0.25) is 14.4 Å². The van der Waals surface area contributed by atoms with Gasteiger partial charge in [0.05, 0.1) is 18.3 Å². The zero-order chi connectivity index (χ0) is 14.3. The smallest absolute Gasteiger partial charge is 0.415 e. The number of primary amides is 1. The number of carbonyl (C=O) groups excluding carboxylic acids is 2. The molecular weight excluding hydrogens is 260 g/mol. The fraction of sp³-hybridized carbons (Fsp3) is 0.308. The Bertz CT molecular complexity index is 694. The summed E-state index contributed by atoms with van der Waals surface area (Å²) in [7, 11) is 0. The monoisotopic (exact) mass is 274 g/mol. The van der Waals surface area contributed by atoms with E-state index in [1.54, 1.807) is 12.3 Å². The van der Waals surface area contributed by atoms with E-state index in [9.17, 15) is 9.59 Å². The maximum Gasteiger partial charge on any atom is 0.415 e. The first kappa shape index (κ1) is 12.5. The summed E-state index contributed by atoms with van der Waals surface area (Å²) in [6.07, 6.45) is 0.294. The van der Waals surface area contributed by atoms with Gasteiger partial charge >= 0.3 is 6.09 Å². The van der Waals surface area contributed by atoms with E-state index in [0.717, 1.165) is 17.4 Å². The molecule has 0 radical (unpaired) electrons. The van der Waals surface area contributed by atoms with Crippen LogP contribution in [-0.2, 0) is 16.1 Å². The van der Waals surface area contributed by atoms with E-state index in [-0.39, 0.29) is 6.54 Å². The molecule has 7 heteroatoms. The minimum atomic E-state index is -0.892. The lowest BCUT2D eigenvalue weighted by Crippen LogP contribution is -2.32. The Morgan fingerprint density at radius 1 is 1.55 bits per heavy atom. The lowest BCUT2D eigenvalue weighted by Gasteiger charge is -2.12. The molecule has 1 aromatic carbocycles. The number of cyclic esters (lactones) is 1. The Balaban J connectivity index is 1.95. The van der Waals surface area contributed by atoms with Crippen LogP contribution in [0.2, 0.25) is 0 Å². The number of carbonyl (C=O) groups is 2. The van der Waals surface area contributed by atoms with Gasteiger partial charge in [-0.25, -0.2) is 4.79 Å². The van der Waals surface area contributed by atoms with E-state index in [1.165, 1.54) is 4.90 Å². The second-order valence-corrected chi connectivity index (χ2v) is 4.59. The molecule has 0 saturated carbocycles. The summed E-state index contributed by atoms with van der Waals surface area (Å²) in [4.78, 5) is 24.2. The van der Waals surface area contributed by atoms with Crippen LogP contribution in [0.3, 0.4) is 0 Å². The van der Waals surface area contributed by atoms with Gasteiger partial charge in [0.15, 0.2) is 6.10 Å². The van der Waals surface area contributed by atoms with Crippen molar-refractivity contribution in [2.45, 2.75) is 19.6 Å². The predicted molar refractivity (Wildman–Crippen MR) is 72.2 cm³/mol. The summed E-state index contributed by atoms with van der Waals surface area (Å²) < 4.78 is 6.79. The highest BCUT2D eigenvalue weighted by atomic mass is 16.6. The molecule has 0 bridgehead atoms. The Hall–Kier alpha value is -2.57. The Morgan fingerprint density at radius 2 is 2.35 bits per heavy atom. The number of nitrogens with two attached hydrogens (primary N) is 1. The van der Waals surface area contributed by atoms with Crippen LogP contribution in [0.25, 0.3) is 10.9 Å². The minimum Gasteiger partial charge on any atom is -0.434 e. The van der Waals surface area contributed by atoms with Gasteiger partial charge in [0, 0.05) is 17.6 Å². The third-order valence-electron chi connectivity index (χ3n) is 3.37. The number of hydrogen-bond donors (Lipinski definition) is 1. The van der Waals surface area contributed by atoms with E-state index in [1.807, 2.05) is 23.7 Å². The van der Waals surface area contributed by atoms with Crippen molar-refractivity contribution >= 4 is 28.6 Å². The molecule has 0 unspecified atom stereocenters. The Morgan fingerprint density at radius 3 is 3.00 bits per heavy atom. The SMILES string of the molecule is CCn1ncc2cc(N3C[C@H](C(N)=O)OC3=O)ccc21. The van der Waals surface area contributed by atoms with Crippen LogP contribution >= 0.6 is 0 Å². The third-order valence-corrected chi connectivity index (χ3v) is 3.37. The fourth-order valence-electron chi connectivity index (χ4n) is 2.32. The molecule has 1 atom stereocenters. The molecule has 2 heterocycles. The molecule has 2 aromatic rings. The maximum absolute atomic E-state index is 11.8. The van der Waals surface area contributed by atoms with Gasteiger partial charge < -0.3 is 10.5 Å². The van der Waals surface area contributed by atoms with Crippen molar-refractivity contribution in [1.82, 2.24) is 9.78 Å². The molecule has 7 nitrogen and oxygen atoms in total. The highest BCUT2D eigenvalue weighted by Crippen LogP contribution is 2.25. The van der Waals surface area contributed by atoms with Crippen LogP contribution in [0.15, 0.2) is 24.4 Å². The average Bonchev–Trinajstić information content (AvgIpc) is 3.01. The topological polar surface area (TPSA) is 90.5 Å². The molecule has 1 aliphatic heterocycles. The van der Waals surface area contributed by atoms with E-state index < -0.39 is 18.1 Å². The summed E-state index contributed by atoms with van der Waals surface area (Å²) >= 11 is 0. The molecule has 0 aliphatic carbocycles.